The van der Waals surface area contributed by atoms with E-state index in [-0.39, 0.29) is 0 Å². The monoisotopic (exact) mass is 278 g/mol. The van der Waals surface area contributed by atoms with Crippen LogP contribution in [0.5, 0.6) is 0 Å². The van der Waals surface area contributed by atoms with Gasteiger partial charge in [-0.2, -0.15) is 15.0 Å². The summed E-state index contributed by atoms with van der Waals surface area (Å²) in [5.74, 6) is 2.85. The van der Waals surface area contributed by atoms with Crippen LogP contribution in [0.25, 0.3) is 0 Å². The summed E-state index contributed by atoms with van der Waals surface area (Å²) in [5.41, 5.74) is 0. The lowest BCUT2D eigenvalue weighted by atomic mass is 9.85. The highest BCUT2D eigenvalue weighted by Crippen LogP contribution is 2.28. The molecule has 0 spiro atoms. The van der Waals surface area contributed by atoms with Gasteiger partial charge in [-0.1, -0.05) is 13.3 Å². The van der Waals surface area contributed by atoms with Crippen molar-refractivity contribution in [3.63, 3.8) is 0 Å². The quantitative estimate of drug-likeness (QED) is 0.862. The molecule has 1 aliphatic carbocycles. The maximum atomic E-state index is 4.47. The number of aromatic nitrogens is 3. The van der Waals surface area contributed by atoms with Gasteiger partial charge in [0.25, 0.3) is 0 Å². The Morgan fingerprint density at radius 1 is 1.05 bits per heavy atom. The maximum absolute atomic E-state index is 4.47. The van der Waals surface area contributed by atoms with Crippen LogP contribution in [0, 0.1) is 5.92 Å². The highest BCUT2D eigenvalue weighted by Gasteiger charge is 2.21. The van der Waals surface area contributed by atoms with Gasteiger partial charge in [-0.3, -0.25) is 0 Å². The Hall–Kier alpha value is -1.59. The predicted molar refractivity (Wildman–Crippen MR) is 83.4 cm³/mol. The Kier molecular flexibility index (Phi) is 4.98. The molecule has 1 fully saturated rings. The molecule has 2 N–H and O–H groups in total. The summed E-state index contributed by atoms with van der Waals surface area (Å²) in [5, 5.41) is 6.45. The second kappa shape index (κ2) is 6.72. The van der Waals surface area contributed by atoms with Gasteiger partial charge < -0.3 is 15.5 Å². The van der Waals surface area contributed by atoms with E-state index in [0.29, 0.717) is 23.9 Å². The molecule has 112 valence electrons. The largest absolute Gasteiger partial charge is 0.357 e. The summed E-state index contributed by atoms with van der Waals surface area (Å²) in [6, 6.07) is 0.486. The van der Waals surface area contributed by atoms with Crippen LogP contribution < -0.4 is 15.5 Å². The molecule has 1 saturated carbocycles. The van der Waals surface area contributed by atoms with Crippen LogP contribution in [-0.4, -0.2) is 42.1 Å². The smallest absolute Gasteiger partial charge is 0.231 e. The maximum Gasteiger partial charge on any atom is 0.231 e. The van der Waals surface area contributed by atoms with E-state index in [1.807, 2.05) is 26.0 Å². The van der Waals surface area contributed by atoms with E-state index in [0.717, 1.165) is 5.92 Å². The Morgan fingerprint density at radius 2 is 1.70 bits per heavy atom. The third-order valence-electron chi connectivity index (χ3n) is 4.00. The van der Waals surface area contributed by atoms with Crippen LogP contribution in [0.1, 0.15) is 39.0 Å². The number of hydrogen-bond acceptors (Lipinski definition) is 6. The second-order valence-corrected chi connectivity index (χ2v) is 5.70. The van der Waals surface area contributed by atoms with Crippen molar-refractivity contribution in [2.45, 2.75) is 45.1 Å². The molecule has 1 heterocycles. The number of hydrogen-bond donors (Lipinski definition) is 2. The molecule has 0 aliphatic heterocycles. The van der Waals surface area contributed by atoms with Crippen LogP contribution in [-0.2, 0) is 0 Å². The lowest BCUT2D eigenvalue weighted by molar-refractivity contribution is 0.329. The van der Waals surface area contributed by atoms with E-state index in [4.69, 9.17) is 0 Å². The van der Waals surface area contributed by atoms with E-state index in [1.165, 1.54) is 32.1 Å². The van der Waals surface area contributed by atoms with Crippen molar-refractivity contribution in [2.75, 3.05) is 36.7 Å². The zero-order chi connectivity index (χ0) is 14.5. The molecule has 1 aromatic heterocycles. The Labute approximate surface area is 121 Å². The fourth-order valence-electron chi connectivity index (χ4n) is 2.64. The van der Waals surface area contributed by atoms with Gasteiger partial charge in [-0.25, -0.2) is 0 Å². The first kappa shape index (κ1) is 14.8. The van der Waals surface area contributed by atoms with E-state index >= 15 is 0 Å². The van der Waals surface area contributed by atoms with Gasteiger partial charge in [0, 0.05) is 27.2 Å². The van der Waals surface area contributed by atoms with Crippen LogP contribution in [0.15, 0.2) is 0 Å². The van der Waals surface area contributed by atoms with Crippen LogP contribution in [0.3, 0.4) is 0 Å². The van der Waals surface area contributed by atoms with Gasteiger partial charge in [0.15, 0.2) is 0 Å². The molecular formula is C14H26N6. The van der Waals surface area contributed by atoms with Crippen molar-refractivity contribution in [3.8, 4) is 0 Å². The van der Waals surface area contributed by atoms with Gasteiger partial charge in [-0.05, 0) is 31.6 Å². The van der Waals surface area contributed by atoms with Gasteiger partial charge in [0.05, 0.1) is 0 Å². The normalized spacial score (nSPS) is 22.4. The average molecular weight is 278 g/mol. The van der Waals surface area contributed by atoms with Gasteiger partial charge >= 0.3 is 0 Å². The first-order valence-corrected chi connectivity index (χ1v) is 7.50. The number of anilines is 3. The minimum atomic E-state index is 0.486. The van der Waals surface area contributed by atoms with Crippen molar-refractivity contribution >= 4 is 17.8 Å². The lowest BCUT2D eigenvalue weighted by Gasteiger charge is -2.28. The van der Waals surface area contributed by atoms with Crippen LogP contribution >= 0.6 is 0 Å². The first-order chi connectivity index (χ1) is 9.62. The zero-order valence-corrected chi connectivity index (χ0v) is 13.0. The van der Waals surface area contributed by atoms with E-state index < -0.39 is 0 Å². The van der Waals surface area contributed by atoms with Crippen molar-refractivity contribution in [1.82, 2.24) is 15.0 Å². The SMILES string of the molecule is CCC1CCC(Nc2nc(NC)nc(N(C)C)n2)CC1. The topological polar surface area (TPSA) is 66.0 Å². The highest BCUT2D eigenvalue weighted by atomic mass is 15.3. The summed E-state index contributed by atoms with van der Waals surface area (Å²) in [4.78, 5) is 15.1. The number of nitrogens with zero attached hydrogens (tertiary/aromatic N) is 4. The van der Waals surface area contributed by atoms with Crippen molar-refractivity contribution in [2.24, 2.45) is 5.92 Å². The first-order valence-electron chi connectivity index (χ1n) is 7.50. The summed E-state index contributed by atoms with van der Waals surface area (Å²) >= 11 is 0. The molecule has 0 bridgehead atoms. The highest BCUT2D eigenvalue weighted by molar-refractivity contribution is 5.43. The molecule has 6 heteroatoms. The lowest BCUT2D eigenvalue weighted by Crippen LogP contribution is -2.27. The number of nitrogens with one attached hydrogen (secondary N) is 2. The van der Waals surface area contributed by atoms with Crippen molar-refractivity contribution in [1.29, 1.82) is 0 Å². The molecule has 6 nitrogen and oxygen atoms in total. The van der Waals surface area contributed by atoms with Gasteiger partial charge in [-0.15, -0.1) is 0 Å². The van der Waals surface area contributed by atoms with Crippen molar-refractivity contribution in [3.05, 3.63) is 0 Å². The number of rotatable bonds is 5. The fraction of sp³-hybridized carbons (Fsp3) is 0.786. The molecule has 2 rings (SSSR count). The fourth-order valence-corrected chi connectivity index (χ4v) is 2.64. The minimum Gasteiger partial charge on any atom is -0.357 e. The third-order valence-corrected chi connectivity index (χ3v) is 4.00. The standard InChI is InChI=1S/C14H26N6/c1-5-10-6-8-11(9-7-10)16-13-17-12(15-2)18-14(19-13)20(3)4/h10-11H,5-9H2,1-4H3,(H2,15,16,17,18,19). The molecule has 0 saturated heterocycles. The molecule has 20 heavy (non-hydrogen) atoms. The van der Waals surface area contributed by atoms with Crippen molar-refractivity contribution < 1.29 is 0 Å². The third kappa shape index (κ3) is 3.71. The summed E-state index contributed by atoms with van der Waals surface area (Å²) in [6.07, 6.45) is 6.32. The van der Waals surface area contributed by atoms with E-state index in [1.54, 1.807) is 0 Å². The Balaban J connectivity index is 2.03. The van der Waals surface area contributed by atoms with Crippen LogP contribution in [0.4, 0.5) is 17.8 Å². The van der Waals surface area contributed by atoms with Gasteiger partial charge in [0.1, 0.15) is 0 Å². The van der Waals surface area contributed by atoms with Gasteiger partial charge in [0.2, 0.25) is 17.8 Å². The second-order valence-electron chi connectivity index (χ2n) is 5.70. The molecule has 0 amide bonds. The zero-order valence-electron chi connectivity index (χ0n) is 13.0. The predicted octanol–water partition coefficient (Wildman–Crippen LogP) is 2.36. The summed E-state index contributed by atoms with van der Waals surface area (Å²) in [7, 11) is 5.70. The minimum absolute atomic E-state index is 0.486. The summed E-state index contributed by atoms with van der Waals surface area (Å²) < 4.78 is 0. The molecule has 1 aromatic rings. The molecule has 0 atom stereocenters. The molecule has 0 radical (unpaired) electrons. The Bertz CT molecular complexity index is 426. The molecular weight excluding hydrogens is 252 g/mol. The molecule has 0 unspecified atom stereocenters. The molecule has 1 aliphatic rings. The molecule has 0 aromatic carbocycles. The van der Waals surface area contributed by atoms with Crippen LogP contribution in [0.2, 0.25) is 0 Å². The summed E-state index contributed by atoms with van der Waals surface area (Å²) in [6.45, 7) is 2.28. The van der Waals surface area contributed by atoms with E-state index in [2.05, 4.69) is 32.5 Å². The average Bonchev–Trinajstić information content (AvgIpc) is 2.47. The van der Waals surface area contributed by atoms with E-state index in [9.17, 15) is 0 Å². The Morgan fingerprint density at radius 3 is 2.25 bits per heavy atom.